The highest BCUT2D eigenvalue weighted by molar-refractivity contribution is 9.10. The van der Waals surface area contributed by atoms with Gasteiger partial charge in [0.1, 0.15) is 12.6 Å². The second-order valence-corrected chi connectivity index (χ2v) is 9.14. The normalized spacial score (nSPS) is 16.9. The first kappa shape index (κ1) is 21.3. The lowest BCUT2D eigenvalue weighted by Crippen LogP contribution is -2.56. The van der Waals surface area contributed by atoms with E-state index < -0.39 is 6.04 Å². The third-order valence-electron chi connectivity index (χ3n) is 5.69. The Balaban J connectivity index is 1.79. The summed E-state index contributed by atoms with van der Waals surface area (Å²) in [5.74, 6) is 0.175. The van der Waals surface area contributed by atoms with E-state index in [-0.39, 0.29) is 18.4 Å². The quantitative estimate of drug-likeness (QED) is 0.462. The van der Waals surface area contributed by atoms with Crippen LogP contribution in [0.2, 0.25) is 0 Å². The predicted octanol–water partition coefficient (Wildman–Crippen LogP) is 6.00. The SMILES string of the molecule is Cc1ccc(N2CC(=O)N(c3ccc(Br)cc3)[C@@H](c3ccc(C(C)C)cc3)C2=O)cc1. The van der Waals surface area contributed by atoms with E-state index in [4.69, 9.17) is 0 Å². The number of hydrogen-bond donors (Lipinski definition) is 0. The van der Waals surface area contributed by atoms with Gasteiger partial charge in [-0.05, 0) is 60.4 Å². The fraction of sp³-hybridized carbons (Fsp3) is 0.231. The smallest absolute Gasteiger partial charge is 0.255 e. The van der Waals surface area contributed by atoms with Crippen LogP contribution in [0.25, 0.3) is 0 Å². The number of piperazine rings is 1. The van der Waals surface area contributed by atoms with Crippen LogP contribution in [0, 0.1) is 6.92 Å². The number of halogens is 1. The zero-order valence-electron chi connectivity index (χ0n) is 17.9. The first-order chi connectivity index (χ1) is 14.8. The summed E-state index contributed by atoms with van der Waals surface area (Å²) in [6.07, 6.45) is 0. The van der Waals surface area contributed by atoms with Crippen LogP contribution in [-0.2, 0) is 9.59 Å². The van der Waals surface area contributed by atoms with Gasteiger partial charge in [-0.2, -0.15) is 0 Å². The van der Waals surface area contributed by atoms with Gasteiger partial charge in [-0.3, -0.25) is 14.5 Å². The second-order valence-electron chi connectivity index (χ2n) is 8.22. The maximum absolute atomic E-state index is 13.7. The third-order valence-corrected chi connectivity index (χ3v) is 6.22. The molecule has 1 heterocycles. The molecule has 1 saturated heterocycles. The summed E-state index contributed by atoms with van der Waals surface area (Å²) < 4.78 is 0.922. The molecule has 1 aliphatic heterocycles. The van der Waals surface area contributed by atoms with Crippen LogP contribution in [0.3, 0.4) is 0 Å². The number of nitrogens with zero attached hydrogens (tertiary/aromatic N) is 2. The standard InChI is InChI=1S/C26H25BrN2O2/c1-17(2)19-6-8-20(9-7-19)25-26(31)28(22-12-4-18(3)5-13-22)16-24(30)29(25)23-14-10-21(27)11-15-23/h4-15,17,25H,16H2,1-3H3/t25-/m0/s1. The first-order valence-corrected chi connectivity index (χ1v) is 11.2. The minimum atomic E-state index is -0.718. The highest BCUT2D eigenvalue weighted by Crippen LogP contribution is 2.35. The van der Waals surface area contributed by atoms with E-state index in [0.29, 0.717) is 11.6 Å². The fourth-order valence-electron chi connectivity index (χ4n) is 3.88. The second kappa shape index (κ2) is 8.67. The summed E-state index contributed by atoms with van der Waals surface area (Å²) in [5, 5.41) is 0. The molecule has 0 radical (unpaired) electrons. The van der Waals surface area contributed by atoms with Crippen LogP contribution in [0.15, 0.2) is 77.3 Å². The number of benzene rings is 3. The maximum Gasteiger partial charge on any atom is 0.255 e. The lowest BCUT2D eigenvalue weighted by atomic mass is 9.95. The molecule has 0 N–H and O–H groups in total. The van der Waals surface area contributed by atoms with Crippen LogP contribution < -0.4 is 9.80 Å². The number of carbonyl (C=O) groups excluding carboxylic acids is 2. The summed E-state index contributed by atoms with van der Waals surface area (Å²) in [7, 11) is 0. The third kappa shape index (κ3) is 4.28. The van der Waals surface area contributed by atoms with Crippen LogP contribution >= 0.6 is 15.9 Å². The largest absolute Gasteiger partial charge is 0.301 e. The zero-order valence-corrected chi connectivity index (χ0v) is 19.5. The van der Waals surface area contributed by atoms with Gasteiger partial charge in [0.2, 0.25) is 5.91 Å². The van der Waals surface area contributed by atoms with E-state index in [1.165, 1.54) is 5.56 Å². The molecule has 3 aromatic rings. The molecule has 1 atom stereocenters. The zero-order chi connectivity index (χ0) is 22.1. The van der Waals surface area contributed by atoms with Crippen molar-refractivity contribution in [2.24, 2.45) is 0 Å². The van der Waals surface area contributed by atoms with Gasteiger partial charge in [0.25, 0.3) is 5.91 Å². The molecule has 0 aromatic heterocycles. The predicted molar refractivity (Wildman–Crippen MR) is 128 cm³/mol. The van der Waals surface area contributed by atoms with E-state index in [9.17, 15) is 9.59 Å². The maximum atomic E-state index is 13.7. The summed E-state index contributed by atoms with van der Waals surface area (Å²) in [5.41, 5.74) is 4.56. The number of carbonyl (C=O) groups is 2. The van der Waals surface area contributed by atoms with Crippen molar-refractivity contribution in [3.8, 4) is 0 Å². The number of amides is 2. The van der Waals surface area contributed by atoms with E-state index in [2.05, 4.69) is 29.8 Å². The van der Waals surface area contributed by atoms with Crippen molar-refractivity contribution in [3.05, 3.63) is 94.0 Å². The average Bonchev–Trinajstić information content (AvgIpc) is 2.76. The first-order valence-electron chi connectivity index (χ1n) is 10.4. The molecule has 0 aliphatic carbocycles. The Bertz CT molecular complexity index is 1090. The summed E-state index contributed by atoms with van der Waals surface area (Å²) in [6.45, 7) is 6.29. The van der Waals surface area contributed by atoms with Crippen LogP contribution in [-0.4, -0.2) is 18.4 Å². The average molecular weight is 477 g/mol. The van der Waals surface area contributed by atoms with Gasteiger partial charge in [0.15, 0.2) is 0 Å². The summed E-state index contributed by atoms with van der Waals surface area (Å²) in [4.78, 5) is 30.3. The number of rotatable bonds is 4. The Morgan fingerprint density at radius 2 is 1.42 bits per heavy atom. The Labute approximate surface area is 191 Å². The van der Waals surface area contributed by atoms with Crippen LogP contribution in [0.1, 0.15) is 42.5 Å². The van der Waals surface area contributed by atoms with Crippen molar-refractivity contribution in [1.82, 2.24) is 0 Å². The van der Waals surface area contributed by atoms with Gasteiger partial charge < -0.3 is 4.90 Å². The lowest BCUT2D eigenvalue weighted by Gasteiger charge is -2.40. The Kier molecular flexibility index (Phi) is 5.96. The lowest BCUT2D eigenvalue weighted by molar-refractivity contribution is -0.128. The molecule has 1 aliphatic rings. The summed E-state index contributed by atoms with van der Waals surface area (Å²) >= 11 is 3.45. The number of anilines is 2. The Morgan fingerprint density at radius 3 is 2.00 bits per heavy atom. The van der Waals surface area contributed by atoms with Crippen molar-refractivity contribution in [2.45, 2.75) is 32.7 Å². The monoisotopic (exact) mass is 476 g/mol. The molecule has 31 heavy (non-hydrogen) atoms. The molecule has 2 amide bonds. The van der Waals surface area contributed by atoms with E-state index in [1.807, 2.05) is 79.7 Å². The minimum absolute atomic E-state index is 0.0124. The minimum Gasteiger partial charge on any atom is -0.301 e. The molecule has 5 heteroatoms. The molecule has 3 aromatic carbocycles. The van der Waals surface area contributed by atoms with Gasteiger partial charge in [-0.25, -0.2) is 0 Å². The van der Waals surface area contributed by atoms with Crippen molar-refractivity contribution >= 4 is 39.1 Å². The topological polar surface area (TPSA) is 40.6 Å². The molecule has 4 rings (SSSR count). The molecular weight excluding hydrogens is 452 g/mol. The molecule has 0 bridgehead atoms. The van der Waals surface area contributed by atoms with Crippen molar-refractivity contribution in [1.29, 1.82) is 0 Å². The highest BCUT2D eigenvalue weighted by Gasteiger charge is 2.41. The molecule has 4 nitrogen and oxygen atoms in total. The molecular formula is C26H25BrN2O2. The molecule has 0 spiro atoms. The molecule has 158 valence electrons. The van der Waals surface area contributed by atoms with E-state index in [0.717, 1.165) is 21.3 Å². The van der Waals surface area contributed by atoms with E-state index in [1.54, 1.807) is 9.80 Å². The van der Waals surface area contributed by atoms with Gasteiger partial charge in [0.05, 0.1) is 0 Å². The fourth-order valence-corrected chi connectivity index (χ4v) is 4.15. The number of aryl methyl sites for hydroxylation is 1. The van der Waals surface area contributed by atoms with Crippen molar-refractivity contribution in [3.63, 3.8) is 0 Å². The van der Waals surface area contributed by atoms with Gasteiger partial charge >= 0.3 is 0 Å². The summed E-state index contributed by atoms with van der Waals surface area (Å²) in [6, 6.07) is 22.5. The highest BCUT2D eigenvalue weighted by atomic mass is 79.9. The Hall–Kier alpha value is -2.92. The van der Waals surface area contributed by atoms with Gasteiger partial charge in [-0.15, -0.1) is 0 Å². The van der Waals surface area contributed by atoms with Crippen LogP contribution in [0.4, 0.5) is 11.4 Å². The number of hydrogen-bond acceptors (Lipinski definition) is 2. The van der Waals surface area contributed by atoms with E-state index >= 15 is 0 Å². The van der Waals surface area contributed by atoms with Crippen molar-refractivity contribution < 1.29 is 9.59 Å². The molecule has 0 unspecified atom stereocenters. The molecule has 1 fully saturated rings. The Morgan fingerprint density at radius 1 is 0.839 bits per heavy atom. The van der Waals surface area contributed by atoms with Gasteiger partial charge in [0, 0.05) is 15.8 Å². The van der Waals surface area contributed by atoms with Crippen molar-refractivity contribution in [2.75, 3.05) is 16.3 Å². The van der Waals surface area contributed by atoms with Crippen LogP contribution in [0.5, 0.6) is 0 Å². The van der Waals surface area contributed by atoms with Gasteiger partial charge in [-0.1, -0.05) is 71.7 Å². The molecule has 0 saturated carbocycles.